The number of phenolic OH excluding ortho intramolecular Hbond substituents is 1. The zero-order chi connectivity index (χ0) is 13.7. The van der Waals surface area contributed by atoms with Crippen molar-refractivity contribution in [2.24, 2.45) is 0 Å². The lowest BCUT2D eigenvalue weighted by Crippen LogP contribution is -2.22. The minimum Gasteiger partial charge on any atom is -0.508 e. The number of benzene rings is 1. The van der Waals surface area contributed by atoms with Crippen LogP contribution in [0.2, 0.25) is 0 Å². The van der Waals surface area contributed by atoms with Crippen molar-refractivity contribution < 1.29 is 19.7 Å². The molecule has 4 nitrogen and oxygen atoms in total. The van der Waals surface area contributed by atoms with Crippen LogP contribution in [0.3, 0.4) is 0 Å². The van der Waals surface area contributed by atoms with E-state index in [1.54, 1.807) is 39.8 Å². The van der Waals surface area contributed by atoms with Crippen LogP contribution in [0.1, 0.15) is 30.5 Å². The molecule has 1 aliphatic rings. The maximum Gasteiger partial charge on any atom is 0.343 e. The second kappa shape index (κ2) is 3.77. The molecule has 2 rings (SSSR count). The lowest BCUT2D eigenvalue weighted by molar-refractivity contribution is -0.143. The fraction of sp³-hybridized carbons (Fsp3) is 0.357. The monoisotopic (exact) mass is 248 g/mol. The molecule has 1 aliphatic heterocycles. The lowest BCUT2D eigenvalue weighted by Gasteiger charge is -2.16. The summed E-state index contributed by atoms with van der Waals surface area (Å²) in [6.07, 6.45) is 0. The molecular formula is C14H16O4. The van der Waals surface area contributed by atoms with Crippen LogP contribution < -0.4 is 0 Å². The van der Waals surface area contributed by atoms with E-state index in [2.05, 4.69) is 0 Å². The van der Waals surface area contributed by atoms with E-state index in [-0.39, 0.29) is 17.1 Å². The number of hydrogen-bond donors (Lipinski definition) is 2. The molecule has 0 amide bonds. The molecule has 96 valence electrons. The minimum absolute atomic E-state index is 0.0654. The summed E-state index contributed by atoms with van der Waals surface area (Å²) in [5.41, 5.74) is 1.27. The van der Waals surface area contributed by atoms with E-state index in [4.69, 9.17) is 4.74 Å². The SMILES string of the molecule is Cc1cc(O)cc(C)c1C1=C(O)C(C)(C)OC1=O. The van der Waals surface area contributed by atoms with Crippen molar-refractivity contribution in [2.45, 2.75) is 33.3 Å². The van der Waals surface area contributed by atoms with Gasteiger partial charge in [-0.15, -0.1) is 0 Å². The molecule has 4 heteroatoms. The summed E-state index contributed by atoms with van der Waals surface area (Å²) in [4.78, 5) is 11.9. The molecule has 0 atom stereocenters. The molecule has 1 heterocycles. The second-order valence-corrected chi connectivity index (χ2v) is 5.08. The Labute approximate surface area is 106 Å². The Bertz CT molecular complexity index is 544. The number of hydrogen-bond acceptors (Lipinski definition) is 4. The number of carbonyl (C=O) groups is 1. The third-order valence-corrected chi connectivity index (χ3v) is 3.13. The van der Waals surface area contributed by atoms with E-state index in [9.17, 15) is 15.0 Å². The van der Waals surface area contributed by atoms with Gasteiger partial charge in [0.05, 0.1) is 0 Å². The maximum absolute atomic E-state index is 11.9. The molecular weight excluding hydrogens is 232 g/mol. The fourth-order valence-corrected chi connectivity index (χ4v) is 2.28. The highest BCUT2D eigenvalue weighted by atomic mass is 16.6. The standard InChI is InChI=1S/C14H16O4/c1-7-5-9(15)6-8(2)10(7)11-12(16)14(3,4)18-13(11)17/h5-6,15-16H,1-4H3. The average molecular weight is 248 g/mol. The van der Waals surface area contributed by atoms with Crippen molar-refractivity contribution >= 4 is 11.5 Å². The van der Waals surface area contributed by atoms with Gasteiger partial charge in [-0.2, -0.15) is 0 Å². The van der Waals surface area contributed by atoms with Gasteiger partial charge in [-0.1, -0.05) is 0 Å². The van der Waals surface area contributed by atoms with Crippen LogP contribution in [0.15, 0.2) is 17.9 Å². The van der Waals surface area contributed by atoms with Crippen molar-refractivity contribution in [1.82, 2.24) is 0 Å². The van der Waals surface area contributed by atoms with E-state index >= 15 is 0 Å². The number of aryl methyl sites for hydroxylation is 2. The molecule has 0 unspecified atom stereocenters. The van der Waals surface area contributed by atoms with Crippen LogP contribution in [-0.4, -0.2) is 21.8 Å². The van der Waals surface area contributed by atoms with Gasteiger partial charge in [-0.05, 0) is 56.5 Å². The van der Waals surface area contributed by atoms with Crippen LogP contribution in [0.4, 0.5) is 0 Å². The summed E-state index contributed by atoms with van der Waals surface area (Å²) in [6, 6.07) is 3.11. The molecule has 0 saturated heterocycles. The van der Waals surface area contributed by atoms with E-state index in [0.29, 0.717) is 5.56 Å². The molecule has 1 aromatic rings. The highest BCUT2D eigenvalue weighted by Crippen LogP contribution is 2.39. The van der Waals surface area contributed by atoms with Gasteiger partial charge in [-0.3, -0.25) is 0 Å². The first kappa shape index (κ1) is 12.5. The number of carbonyl (C=O) groups excluding carboxylic acids is 1. The molecule has 0 saturated carbocycles. The van der Waals surface area contributed by atoms with Crippen LogP contribution in [0.25, 0.3) is 5.57 Å². The number of rotatable bonds is 1. The summed E-state index contributed by atoms with van der Waals surface area (Å²) in [5, 5.41) is 19.6. The van der Waals surface area contributed by atoms with Crippen molar-refractivity contribution in [3.63, 3.8) is 0 Å². The topological polar surface area (TPSA) is 66.8 Å². The Hall–Kier alpha value is -1.97. The fourth-order valence-electron chi connectivity index (χ4n) is 2.28. The van der Waals surface area contributed by atoms with Gasteiger partial charge in [-0.25, -0.2) is 4.79 Å². The van der Waals surface area contributed by atoms with E-state index < -0.39 is 11.6 Å². The number of aliphatic hydroxyl groups excluding tert-OH is 1. The molecule has 18 heavy (non-hydrogen) atoms. The minimum atomic E-state index is -0.997. The molecule has 0 spiro atoms. The smallest absolute Gasteiger partial charge is 0.343 e. The second-order valence-electron chi connectivity index (χ2n) is 5.08. The van der Waals surface area contributed by atoms with Crippen molar-refractivity contribution in [2.75, 3.05) is 0 Å². The molecule has 0 radical (unpaired) electrons. The van der Waals surface area contributed by atoms with Crippen molar-refractivity contribution in [1.29, 1.82) is 0 Å². The van der Waals surface area contributed by atoms with Crippen molar-refractivity contribution in [3.8, 4) is 5.75 Å². The Morgan fingerprint density at radius 3 is 2.00 bits per heavy atom. The van der Waals surface area contributed by atoms with Gasteiger partial charge in [0.25, 0.3) is 0 Å². The Morgan fingerprint density at radius 1 is 1.11 bits per heavy atom. The average Bonchev–Trinajstić information content (AvgIpc) is 2.38. The number of aromatic hydroxyl groups is 1. The number of cyclic esters (lactones) is 1. The molecule has 1 aromatic carbocycles. The Balaban J connectivity index is 2.71. The van der Waals surface area contributed by atoms with E-state index in [1.807, 2.05) is 0 Å². The first-order valence-electron chi connectivity index (χ1n) is 5.71. The van der Waals surface area contributed by atoms with Crippen molar-refractivity contribution in [3.05, 3.63) is 34.6 Å². The van der Waals surface area contributed by atoms with E-state index in [1.165, 1.54) is 0 Å². The third-order valence-electron chi connectivity index (χ3n) is 3.13. The number of aliphatic hydroxyl groups is 1. The van der Waals surface area contributed by atoms with Gasteiger partial charge in [0.1, 0.15) is 11.3 Å². The molecule has 0 aliphatic carbocycles. The van der Waals surface area contributed by atoms with Crippen LogP contribution in [-0.2, 0) is 9.53 Å². The first-order valence-corrected chi connectivity index (χ1v) is 5.71. The summed E-state index contributed by atoms with van der Waals surface area (Å²) < 4.78 is 5.14. The van der Waals surface area contributed by atoms with Crippen LogP contribution >= 0.6 is 0 Å². The highest BCUT2D eigenvalue weighted by Gasteiger charge is 2.42. The predicted octanol–water partition coefficient (Wildman–Crippen LogP) is 2.61. The normalized spacial score (nSPS) is 18.1. The lowest BCUT2D eigenvalue weighted by atomic mass is 9.93. The van der Waals surface area contributed by atoms with Gasteiger partial charge in [0, 0.05) is 0 Å². The summed E-state index contributed by atoms with van der Waals surface area (Å²) in [7, 11) is 0. The quantitative estimate of drug-likeness (QED) is 0.750. The summed E-state index contributed by atoms with van der Waals surface area (Å²) in [5.74, 6) is -0.460. The zero-order valence-corrected chi connectivity index (χ0v) is 10.9. The molecule has 0 aromatic heterocycles. The first-order chi connectivity index (χ1) is 8.24. The van der Waals surface area contributed by atoms with E-state index in [0.717, 1.165) is 11.1 Å². The van der Waals surface area contributed by atoms with Crippen LogP contribution in [0.5, 0.6) is 5.75 Å². The molecule has 0 bridgehead atoms. The largest absolute Gasteiger partial charge is 0.508 e. The van der Waals surface area contributed by atoms with Gasteiger partial charge < -0.3 is 14.9 Å². The predicted molar refractivity (Wildman–Crippen MR) is 67.3 cm³/mol. The Kier molecular flexibility index (Phi) is 2.61. The highest BCUT2D eigenvalue weighted by molar-refractivity contribution is 6.20. The van der Waals surface area contributed by atoms with Gasteiger partial charge in [0.2, 0.25) is 0 Å². The van der Waals surface area contributed by atoms with Crippen LogP contribution in [0, 0.1) is 13.8 Å². The summed E-state index contributed by atoms with van der Waals surface area (Å²) >= 11 is 0. The van der Waals surface area contributed by atoms with Gasteiger partial charge in [0.15, 0.2) is 11.4 Å². The molecule has 0 fully saturated rings. The Morgan fingerprint density at radius 2 is 1.61 bits per heavy atom. The maximum atomic E-state index is 11.9. The zero-order valence-electron chi connectivity index (χ0n) is 10.9. The summed E-state index contributed by atoms with van der Waals surface area (Å²) in [6.45, 7) is 6.83. The molecule has 2 N–H and O–H groups in total. The number of ether oxygens (including phenoxy) is 1. The van der Waals surface area contributed by atoms with Gasteiger partial charge >= 0.3 is 5.97 Å². The number of phenols is 1. The number of esters is 1. The third kappa shape index (κ3) is 1.74.